The second kappa shape index (κ2) is 7.93. The van der Waals surface area contributed by atoms with Crippen LogP contribution in [0.3, 0.4) is 0 Å². The lowest BCUT2D eigenvalue weighted by Gasteiger charge is -2.34. The number of carbonyl (C=O) groups is 1. The van der Waals surface area contributed by atoms with Crippen LogP contribution in [0.5, 0.6) is 0 Å². The van der Waals surface area contributed by atoms with Gasteiger partial charge in [0.25, 0.3) is 0 Å². The van der Waals surface area contributed by atoms with E-state index in [0.29, 0.717) is 18.4 Å². The van der Waals surface area contributed by atoms with Gasteiger partial charge in [0.1, 0.15) is 5.82 Å². The summed E-state index contributed by atoms with van der Waals surface area (Å²) in [5.41, 5.74) is 0.774. The van der Waals surface area contributed by atoms with Crippen LogP contribution in [0, 0.1) is 11.7 Å². The molecule has 1 unspecified atom stereocenters. The van der Waals surface area contributed by atoms with E-state index in [0.717, 1.165) is 50.9 Å². The molecule has 22 heavy (non-hydrogen) atoms. The molecule has 2 saturated heterocycles. The SMILES string of the molecule is Cl.O=C(Cc1cccc(F)c1)N1CCCC1C1CCNCC1. The smallest absolute Gasteiger partial charge is 0.227 e. The topological polar surface area (TPSA) is 32.3 Å². The summed E-state index contributed by atoms with van der Waals surface area (Å²) in [7, 11) is 0. The van der Waals surface area contributed by atoms with Gasteiger partial charge in [-0.15, -0.1) is 12.4 Å². The molecule has 0 bridgehead atoms. The normalized spacial score (nSPS) is 22.4. The number of carbonyl (C=O) groups excluding carboxylic acids is 1. The van der Waals surface area contributed by atoms with Crippen molar-refractivity contribution in [3.05, 3.63) is 35.6 Å². The molecule has 1 atom stereocenters. The highest BCUT2D eigenvalue weighted by Gasteiger charge is 2.34. The van der Waals surface area contributed by atoms with Crippen molar-refractivity contribution in [2.75, 3.05) is 19.6 Å². The zero-order valence-electron chi connectivity index (χ0n) is 12.8. The molecule has 2 fully saturated rings. The molecule has 2 aliphatic rings. The average Bonchev–Trinajstić information content (AvgIpc) is 2.98. The van der Waals surface area contributed by atoms with Crippen LogP contribution in [0.15, 0.2) is 24.3 Å². The Hall–Kier alpha value is -1.13. The van der Waals surface area contributed by atoms with Gasteiger partial charge >= 0.3 is 0 Å². The second-order valence-corrected chi connectivity index (χ2v) is 6.19. The number of likely N-dealkylation sites (tertiary alicyclic amines) is 1. The summed E-state index contributed by atoms with van der Waals surface area (Å²) in [5, 5.41) is 3.38. The Labute approximate surface area is 137 Å². The van der Waals surface area contributed by atoms with Crippen LogP contribution in [-0.2, 0) is 11.2 Å². The van der Waals surface area contributed by atoms with Crippen LogP contribution >= 0.6 is 12.4 Å². The van der Waals surface area contributed by atoms with Gasteiger partial charge in [-0.3, -0.25) is 4.79 Å². The molecule has 1 amide bonds. The fourth-order valence-electron chi connectivity index (χ4n) is 3.74. The van der Waals surface area contributed by atoms with Gasteiger partial charge in [0.05, 0.1) is 6.42 Å². The van der Waals surface area contributed by atoms with E-state index in [2.05, 4.69) is 10.2 Å². The third-order valence-corrected chi connectivity index (χ3v) is 4.79. The number of halogens is 2. The monoisotopic (exact) mass is 326 g/mol. The summed E-state index contributed by atoms with van der Waals surface area (Å²) in [5.74, 6) is 0.517. The predicted octanol–water partition coefficient (Wildman–Crippen LogP) is 2.78. The fourth-order valence-corrected chi connectivity index (χ4v) is 3.74. The number of rotatable bonds is 3. The number of amides is 1. The van der Waals surface area contributed by atoms with Crippen LogP contribution in [0.2, 0.25) is 0 Å². The van der Waals surface area contributed by atoms with Crippen LogP contribution in [0.25, 0.3) is 0 Å². The van der Waals surface area contributed by atoms with E-state index in [-0.39, 0.29) is 24.1 Å². The van der Waals surface area contributed by atoms with E-state index in [9.17, 15) is 9.18 Å². The van der Waals surface area contributed by atoms with Crippen molar-refractivity contribution in [1.82, 2.24) is 10.2 Å². The molecule has 0 aliphatic carbocycles. The largest absolute Gasteiger partial charge is 0.339 e. The van der Waals surface area contributed by atoms with Crippen molar-refractivity contribution in [3.63, 3.8) is 0 Å². The van der Waals surface area contributed by atoms with E-state index in [1.165, 1.54) is 12.1 Å². The third kappa shape index (κ3) is 3.99. The molecule has 1 aromatic rings. The van der Waals surface area contributed by atoms with E-state index in [1.54, 1.807) is 6.07 Å². The molecule has 122 valence electrons. The molecule has 0 saturated carbocycles. The van der Waals surface area contributed by atoms with Crippen molar-refractivity contribution in [3.8, 4) is 0 Å². The molecule has 2 aliphatic heterocycles. The van der Waals surface area contributed by atoms with Crippen LogP contribution in [-0.4, -0.2) is 36.5 Å². The first-order chi connectivity index (χ1) is 10.2. The summed E-state index contributed by atoms with van der Waals surface area (Å²) in [4.78, 5) is 14.6. The summed E-state index contributed by atoms with van der Waals surface area (Å²) in [6.07, 6.45) is 4.87. The molecule has 0 radical (unpaired) electrons. The zero-order chi connectivity index (χ0) is 14.7. The first kappa shape index (κ1) is 17.2. The van der Waals surface area contributed by atoms with Crippen molar-refractivity contribution in [1.29, 1.82) is 0 Å². The maximum Gasteiger partial charge on any atom is 0.227 e. The van der Waals surface area contributed by atoms with Crippen molar-refractivity contribution in [2.24, 2.45) is 5.92 Å². The maximum absolute atomic E-state index is 13.2. The molecule has 1 N–H and O–H groups in total. The van der Waals surface area contributed by atoms with Gasteiger partial charge in [-0.05, 0) is 62.4 Å². The quantitative estimate of drug-likeness (QED) is 0.926. The van der Waals surface area contributed by atoms with E-state index < -0.39 is 0 Å². The Bertz CT molecular complexity index is 505. The number of benzene rings is 1. The van der Waals surface area contributed by atoms with Gasteiger partial charge < -0.3 is 10.2 Å². The highest BCUT2D eigenvalue weighted by Crippen LogP contribution is 2.30. The molecule has 5 heteroatoms. The summed E-state index contributed by atoms with van der Waals surface area (Å²) in [6, 6.07) is 6.78. The third-order valence-electron chi connectivity index (χ3n) is 4.79. The number of hydrogen-bond acceptors (Lipinski definition) is 2. The Morgan fingerprint density at radius 3 is 2.77 bits per heavy atom. The summed E-state index contributed by atoms with van der Waals surface area (Å²) < 4.78 is 13.2. The fraction of sp³-hybridized carbons (Fsp3) is 0.588. The van der Waals surface area contributed by atoms with Gasteiger partial charge in [-0.2, -0.15) is 0 Å². The van der Waals surface area contributed by atoms with Crippen molar-refractivity contribution >= 4 is 18.3 Å². The highest BCUT2D eigenvalue weighted by molar-refractivity contribution is 5.85. The first-order valence-electron chi connectivity index (χ1n) is 7.98. The average molecular weight is 327 g/mol. The minimum absolute atomic E-state index is 0. The number of nitrogens with zero attached hydrogens (tertiary/aromatic N) is 1. The van der Waals surface area contributed by atoms with Crippen LogP contribution in [0.1, 0.15) is 31.2 Å². The number of nitrogens with one attached hydrogen (secondary N) is 1. The predicted molar refractivity (Wildman–Crippen MR) is 87.7 cm³/mol. The highest BCUT2D eigenvalue weighted by atomic mass is 35.5. The van der Waals surface area contributed by atoms with Crippen molar-refractivity contribution < 1.29 is 9.18 Å². The molecule has 3 rings (SSSR count). The second-order valence-electron chi connectivity index (χ2n) is 6.19. The van der Waals surface area contributed by atoms with Gasteiger partial charge in [0.15, 0.2) is 0 Å². The Morgan fingerprint density at radius 2 is 2.05 bits per heavy atom. The minimum atomic E-state index is -0.267. The van der Waals surface area contributed by atoms with Gasteiger partial charge in [0, 0.05) is 12.6 Å². The lowest BCUT2D eigenvalue weighted by atomic mass is 9.88. The molecule has 3 nitrogen and oxygen atoms in total. The molecular weight excluding hydrogens is 303 g/mol. The standard InChI is InChI=1S/C17H23FN2O.ClH/c18-15-4-1-3-13(11-15)12-17(21)20-10-2-5-16(20)14-6-8-19-9-7-14;/h1,3-4,11,14,16,19H,2,5-10,12H2;1H. The maximum atomic E-state index is 13.2. The van der Waals surface area contributed by atoms with Crippen molar-refractivity contribution in [2.45, 2.75) is 38.1 Å². The van der Waals surface area contributed by atoms with E-state index >= 15 is 0 Å². The Balaban J connectivity index is 0.00000176. The Morgan fingerprint density at radius 1 is 1.27 bits per heavy atom. The zero-order valence-corrected chi connectivity index (χ0v) is 13.6. The van der Waals surface area contributed by atoms with E-state index in [1.807, 2.05) is 6.07 Å². The Kier molecular flexibility index (Phi) is 6.21. The van der Waals surface area contributed by atoms with Gasteiger partial charge in [-0.25, -0.2) is 4.39 Å². The molecule has 1 aromatic carbocycles. The first-order valence-corrected chi connectivity index (χ1v) is 7.98. The van der Waals surface area contributed by atoms with E-state index in [4.69, 9.17) is 0 Å². The van der Waals surface area contributed by atoms with Gasteiger partial charge in [0.2, 0.25) is 5.91 Å². The van der Waals surface area contributed by atoms with Crippen LogP contribution < -0.4 is 5.32 Å². The summed E-state index contributed by atoms with van der Waals surface area (Å²) >= 11 is 0. The molecule has 0 aromatic heterocycles. The lowest BCUT2D eigenvalue weighted by Crippen LogP contribution is -2.44. The minimum Gasteiger partial charge on any atom is -0.339 e. The molecular formula is C17H24ClFN2O. The van der Waals surface area contributed by atoms with Crippen LogP contribution in [0.4, 0.5) is 4.39 Å². The summed E-state index contributed by atoms with van der Waals surface area (Å²) in [6.45, 7) is 2.99. The number of piperidine rings is 1. The lowest BCUT2D eigenvalue weighted by molar-refractivity contribution is -0.132. The molecule has 2 heterocycles. The number of hydrogen-bond donors (Lipinski definition) is 1. The van der Waals surface area contributed by atoms with Gasteiger partial charge in [-0.1, -0.05) is 12.1 Å². The molecule has 0 spiro atoms.